The SMILES string of the molecule is O=C(c1ccc(F)cc1)N1CCc2c([nH]c3ccccc23)[C@H]1c1ccccc1. The molecule has 4 heteroatoms. The van der Waals surface area contributed by atoms with E-state index in [0.717, 1.165) is 23.2 Å². The predicted octanol–water partition coefficient (Wildman–Crippen LogP) is 5.09. The molecule has 1 aromatic heterocycles. The molecule has 0 fully saturated rings. The van der Waals surface area contributed by atoms with Gasteiger partial charge in [-0.05, 0) is 47.9 Å². The molecule has 5 rings (SSSR count). The molecule has 0 saturated carbocycles. The Kier molecular flexibility index (Phi) is 3.97. The van der Waals surface area contributed by atoms with Gasteiger partial charge in [0.2, 0.25) is 0 Å². The molecule has 0 aliphatic carbocycles. The second-order valence-corrected chi connectivity index (χ2v) is 7.13. The highest BCUT2D eigenvalue weighted by Crippen LogP contribution is 2.38. The van der Waals surface area contributed by atoms with Crippen molar-refractivity contribution in [3.05, 3.63) is 107 Å². The number of aromatic amines is 1. The molecule has 1 aliphatic heterocycles. The zero-order chi connectivity index (χ0) is 19.1. The van der Waals surface area contributed by atoms with Crippen molar-refractivity contribution in [3.8, 4) is 0 Å². The van der Waals surface area contributed by atoms with Crippen molar-refractivity contribution in [1.82, 2.24) is 9.88 Å². The number of carbonyl (C=O) groups is 1. The number of H-pyrrole nitrogens is 1. The van der Waals surface area contributed by atoms with Gasteiger partial charge < -0.3 is 9.88 Å². The van der Waals surface area contributed by atoms with Crippen molar-refractivity contribution in [2.45, 2.75) is 12.5 Å². The average Bonchev–Trinajstić information content (AvgIpc) is 3.12. The fourth-order valence-corrected chi connectivity index (χ4v) is 4.20. The van der Waals surface area contributed by atoms with Gasteiger partial charge in [0.1, 0.15) is 5.82 Å². The van der Waals surface area contributed by atoms with E-state index in [1.165, 1.54) is 23.1 Å². The van der Waals surface area contributed by atoms with Crippen molar-refractivity contribution >= 4 is 16.8 Å². The van der Waals surface area contributed by atoms with Crippen LogP contribution in [0.25, 0.3) is 10.9 Å². The number of rotatable bonds is 2. The van der Waals surface area contributed by atoms with Crippen LogP contribution in [0.2, 0.25) is 0 Å². The number of hydrogen-bond donors (Lipinski definition) is 1. The smallest absolute Gasteiger partial charge is 0.254 e. The lowest BCUT2D eigenvalue weighted by atomic mass is 9.91. The van der Waals surface area contributed by atoms with Gasteiger partial charge in [-0.3, -0.25) is 4.79 Å². The number of halogens is 1. The standard InChI is InChI=1S/C24H19FN2O/c25-18-12-10-17(11-13-18)24(28)27-15-14-20-19-8-4-5-9-21(19)26-22(20)23(27)16-6-2-1-3-7-16/h1-13,23,26H,14-15H2/t23-/m1/s1. The highest BCUT2D eigenvalue weighted by molar-refractivity contribution is 5.95. The van der Waals surface area contributed by atoms with Crippen molar-refractivity contribution < 1.29 is 9.18 Å². The minimum Gasteiger partial charge on any atom is -0.356 e. The maximum atomic E-state index is 13.3. The molecular formula is C24H19FN2O. The second kappa shape index (κ2) is 6.64. The average molecular weight is 370 g/mol. The van der Waals surface area contributed by atoms with E-state index in [4.69, 9.17) is 0 Å². The third-order valence-electron chi connectivity index (χ3n) is 5.50. The molecule has 1 atom stereocenters. The molecule has 0 bridgehead atoms. The monoisotopic (exact) mass is 370 g/mol. The van der Waals surface area contributed by atoms with Gasteiger partial charge in [0.25, 0.3) is 5.91 Å². The van der Waals surface area contributed by atoms with Crippen LogP contribution in [-0.2, 0) is 6.42 Å². The van der Waals surface area contributed by atoms with Gasteiger partial charge in [0, 0.05) is 28.7 Å². The third kappa shape index (κ3) is 2.69. The molecule has 3 nitrogen and oxygen atoms in total. The summed E-state index contributed by atoms with van der Waals surface area (Å²) in [6.07, 6.45) is 0.787. The molecule has 2 heterocycles. The van der Waals surface area contributed by atoms with Crippen molar-refractivity contribution in [3.63, 3.8) is 0 Å². The molecule has 3 aromatic carbocycles. The molecular weight excluding hydrogens is 351 g/mol. The van der Waals surface area contributed by atoms with Gasteiger partial charge >= 0.3 is 0 Å². The number of aromatic nitrogens is 1. The van der Waals surface area contributed by atoms with Crippen LogP contribution in [0.1, 0.15) is 33.2 Å². The van der Waals surface area contributed by atoms with Crippen LogP contribution < -0.4 is 0 Å². The Hall–Kier alpha value is -3.40. The Balaban J connectivity index is 1.65. The number of para-hydroxylation sites is 1. The van der Waals surface area contributed by atoms with E-state index >= 15 is 0 Å². The Labute approximate surface area is 162 Å². The number of amides is 1. The Bertz CT molecular complexity index is 1150. The Morgan fingerprint density at radius 1 is 0.929 bits per heavy atom. The van der Waals surface area contributed by atoms with Crippen molar-refractivity contribution in [2.75, 3.05) is 6.54 Å². The molecule has 1 N–H and O–H groups in total. The van der Waals surface area contributed by atoms with Crippen molar-refractivity contribution in [1.29, 1.82) is 0 Å². The molecule has 28 heavy (non-hydrogen) atoms. The van der Waals surface area contributed by atoms with E-state index in [0.29, 0.717) is 12.1 Å². The Morgan fingerprint density at radius 3 is 2.43 bits per heavy atom. The summed E-state index contributed by atoms with van der Waals surface area (Å²) in [5.74, 6) is -0.425. The van der Waals surface area contributed by atoms with E-state index in [-0.39, 0.29) is 17.8 Å². The second-order valence-electron chi connectivity index (χ2n) is 7.13. The van der Waals surface area contributed by atoms with E-state index in [2.05, 4.69) is 29.2 Å². The normalized spacial score (nSPS) is 16.2. The quantitative estimate of drug-likeness (QED) is 0.524. The molecule has 138 valence electrons. The number of carbonyl (C=O) groups excluding carboxylic acids is 1. The highest BCUT2D eigenvalue weighted by atomic mass is 19.1. The number of nitrogens with zero attached hydrogens (tertiary/aromatic N) is 1. The predicted molar refractivity (Wildman–Crippen MR) is 108 cm³/mol. The van der Waals surface area contributed by atoms with Crippen LogP contribution in [0.15, 0.2) is 78.9 Å². The van der Waals surface area contributed by atoms with Crippen LogP contribution in [-0.4, -0.2) is 22.3 Å². The first-order valence-corrected chi connectivity index (χ1v) is 9.43. The fourth-order valence-electron chi connectivity index (χ4n) is 4.20. The summed E-state index contributed by atoms with van der Waals surface area (Å²) in [5, 5.41) is 1.22. The molecule has 0 spiro atoms. The zero-order valence-electron chi connectivity index (χ0n) is 15.2. The van der Waals surface area contributed by atoms with Gasteiger partial charge in [-0.25, -0.2) is 4.39 Å². The summed E-state index contributed by atoms with van der Waals surface area (Å²) in [7, 11) is 0. The maximum absolute atomic E-state index is 13.3. The van der Waals surface area contributed by atoms with Gasteiger partial charge in [0.05, 0.1) is 6.04 Å². The summed E-state index contributed by atoms with van der Waals surface area (Å²) < 4.78 is 13.3. The first-order valence-electron chi connectivity index (χ1n) is 9.43. The van der Waals surface area contributed by atoms with E-state index in [1.807, 2.05) is 35.2 Å². The topological polar surface area (TPSA) is 36.1 Å². The number of fused-ring (bicyclic) bond motifs is 3. The van der Waals surface area contributed by atoms with Crippen molar-refractivity contribution in [2.24, 2.45) is 0 Å². The molecule has 0 saturated heterocycles. The summed E-state index contributed by atoms with van der Waals surface area (Å²) in [6.45, 7) is 0.616. The van der Waals surface area contributed by atoms with Gasteiger partial charge in [-0.15, -0.1) is 0 Å². The van der Waals surface area contributed by atoms with Crippen LogP contribution in [0, 0.1) is 5.82 Å². The molecule has 1 aliphatic rings. The summed E-state index contributed by atoms with van der Waals surface area (Å²) >= 11 is 0. The molecule has 0 radical (unpaired) electrons. The minimum atomic E-state index is -0.340. The number of hydrogen-bond acceptors (Lipinski definition) is 1. The van der Waals surface area contributed by atoms with E-state index < -0.39 is 0 Å². The summed E-state index contributed by atoms with van der Waals surface area (Å²) in [5.41, 5.74) is 4.98. The summed E-state index contributed by atoms with van der Waals surface area (Å²) in [4.78, 5) is 18.8. The minimum absolute atomic E-state index is 0.0850. The zero-order valence-corrected chi connectivity index (χ0v) is 15.2. The van der Waals surface area contributed by atoms with Gasteiger partial charge in [-0.1, -0.05) is 48.5 Å². The lowest BCUT2D eigenvalue weighted by molar-refractivity contribution is 0.0692. The summed E-state index contributed by atoms with van der Waals surface area (Å²) in [6, 6.07) is 23.9. The fraction of sp³-hybridized carbons (Fsp3) is 0.125. The van der Waals surface area contributed by atoms with Crippen LogP contribution in [0.3, 0.4) is 0 Å². The third-order valence-corrected chi connectivity index (χ3v) is 5.50. The van der Waals surface area contributed by atoms with Gasteiger partial charge in [0.15, 0.2) is 0 Å². The van der Waals surface area contributed by atoms with E-state index in [9.17, 15) is 9.18 Å². The van der Waals surface area contributed by atoms with Gasteiger partial charge in [-0.2, -0.15) is 0 Å². The number of nitrogens with one attached hydrogen (secondary N) is 1. The van der Waals surface area contributed by atoms with E-state index in [1.54, 1.807) is 12.1 Å². The molecule has 1 amide bonds. The maximum Gasteiger partial charge on any atom is 0.254 e. The first-order chi connectivity index (χ1) is 13.7. The lowest BCUT2D eigenvalue weighted by Crippen LogP contribution is -2.40. The Morgan fingerprint density at radius 2 is 1.64 bits per heavy atom. The first kappa shape index (κ1) is 16.8. The largest absolute Gasteiger partial charge is 0.356 e. The molecule has 4 aromatic rings. The lowest BCUT2D eigenvalue weighted by Gasteiger charge is -2.36. The highest BCUT2D eigenvalue weighted by Gasteiger charge is 2.34. The van der Waals surface area contributed by atoms with Crippen LogP contribution >= 0.6 is 0 Å². The van der Waals surface area contributed by atoms with Crippen LogP contribution in [0.5, 0.6) is 0 Å². The molecule has 0 unspecified atom stereocenters. The van der Waals surface area contributed by atoms with Crippen LogP contribution in [0.4, 0.5) is 4.39 Å². The number of benzene rings is 3.